The maximum atomic E-state index is 13.7. The molecule has 21 heavy (non-hydrogen) atoms. The Morgan fingerprint density at radius 3 is 2.76 bits per heavy atom. The Morgan fingerprint density at radius 1 is 1.38 bits per heavy atom. The highest BCUT2D eigenvalue weighted by molar-refractivity contribution is 9.10. The van der Waals surface area contributed by atoms with Crippen LogP contribution in [-0.4, -0.2) is 16.3 Å². The van der Waals surface area contributed by atoms with Crippen molar-refractivity contribution in [3.8, 4) is 0 Å². The summed E-state index contributed by atoms with van der Waals surface area (Å²) in [5.41, 5.74) is 1.86. The lowest BCUT2D eigenvalue weighted by molar-refractivity contribution is 0.482. The third-order valence-corrected chi connectivity index (χ3v) is 4.18. The van der Waals surface area contributed by atoms with E-state index in [9.17, 15) is 8.78 Å². The van der Waals surface area contributed by atoms with E-state index >= 15 is 0 Å². The zero-order valence-corrected chi connectivity index (χ0v) is 13.6. The molecule has 114 valence electrons. The Labute approximate surface area is 131 Å². The third-order valence-electron chi connectivity index (χ3n) is 3.37. The molecule has 1 heterocycles. The minimum Gasteiger partial charge on any atom is -0.310 e. The van der Waals surface area contributed by atoms with Gasteiger partial charge in [-0.2, -0.15) is 5.10 Å². The van der Waals surface area contributed by atoms with Crippen molar-refractivity contribution in [3.63, 3.8) is 0 Å². The van der Waals surface area contributed by atoms with Crippen LogP contribution in [0.1, 0.15) is 30.5 Å². The van der Waals surface area contributed by atoms with Crippen molar-refractivity contribution in [2.24, 2.45) is 7.05 Å². The van der Waals surface area contributed by atoms with Gasteiger partial charge in [0.25, 0.3) is 0 Å². The zero-order chi connectivity index (χ0) is 15.4. The summed E-state index contributed by atoms with van der Waals surface area (Å²) in [6.45, 7) is 2.74. The van der Waals surface area contributed by atoms with Gasteiger partial charge in [-0.1, -0.05) is 13.0 Å². The molecule has 2 aromatic rings. The van der Waals surface area contributed by atoms with Gasteiger partial charge in [0.1, 0.15) is 0 Å². The predicted octanol–water partition coefficient (Wildman–Crippen LogP) is 3.74. The molecule has 0 saturated carbocycles. The first-order valence-electron chi connectivity index (χ1n) is 6.87. The second-order valence-corrected chi connectivity index (χ2v) is 5.73. The Kier molecular flexibility index (Phi) is 5.47. The number of halogens is 3. The first kappa shape index (κ1) is 16.1. The van der Waals surface area contributed by atoms with Gasteiger partial charge >= 0.3 is 0 Å². The fourth-order valence-corrected chi connectivity index (χ4v) is 2.93. The summed E-state index contributed by atoms with van der Waals surface area (Å²) >= 11 is 3.16. The van der Waals surface area contributed by atoms with E-state index in [1.165, 1.54) is 6.07 Å². The molecule has 0 aliphatic carbocycles. The summed E-state index contributed by atoms with van der Waals surface area (Å²) < 4.78 is 28.9. The van der Waals surface area contributed by atoms with Crippen LogP contribution in [0.4, 0.5) is 8.78 Å². The number of hydrogen-bond acceptors (Lipinski definition) is 2. The van der Waals surface area contributed by atoms with E-state index in [0.29, 0.717) is 0 Å². The first-order chi connectivity index (χ1) is 10.0. The van der Waals surface area contributed by atoms with Crippen molar-refractivity contribution in [2.75, 3.05) is 6.54 Å². The molecule has 0 aliphatic rings. The molecule has 1 atom stereocenters. The number of aromatic nitrogens is 2. The van der Waals surface area contributed by atoms with Crippen LogP contribution in [0.25, 0.3) is 0 Å². The molecule has 1 N–H and O–H groups in total. The van der Waals surface area contributed by atoms with E-state index in [0.717, 1.165) is 30.5 Å². The number of rotatable bonds is 6. The fraction of sp³-hybridized carbons (Fsp3) is 0.400. The van der Waals surface area contributed by atoms with Crippen LogP contribution in [0, 0.1) is 11.6 Å². The van der Waals surface area contributed by atoms with Crippen LogP contribution in [0.3, 0.4) is 0 Å². The van der Waals surface area contributed by atoms with Gasteiger partial charge in [-0.15, -0.1) is 0 Å². The van der Waals surface area contributed by atoms with Gasteiger partial charge in [-0.3, -0.25) is 4.68 Å². The van der Waals surface area contributed by atoms with Gasteiger partial charge in [0, 0.05) is 19.3 Å². The Hall–Kier alpha value is -1.27. The van der Waals surface area contributed by atoms with Crippen LogP contribution >= 0.6 is 15.9 Å². The molecule has 0 radical (unpaired) electrons. The van der Waals surface area contributed by atoms with Crippen LogP contribution in [-0.2, 0) is 13.5 Å². The van der Waals surface area contributed by atoms with Crippen LogP contribution in [0.2, 0.25) is 0 Å². The van der Waals surface area contributed by atoms with E-state index in [1.807, 2.05) is 26.4 Å². The molecule has 1 aromatic heterocycles. The van der Waals surface area contributed by atoms with Gasteiger partial charge in [0.05, 0.1) is 10.7 Å². The van der Waals surface area contributed by atoms with Crippen molar-refractivity contribution in [1.82, 2.24) is 15.1 Å². The summed E-state index contributed by atoms with van der Waals surface area (Å²) in [6, 6.07) is 2.75. The standard InChI is InChI=1S/C15H18BrF2N3/c1-3-19-13(7-4-10-8-20-21(2)9-10)11-5-6-12(17)15(18)14(11)16/h5-6,8-9,13,19H,3-4,7H2,1-2H3. The molecule has 3 nitrogen and oxygen atoms in total. The summed E-state index contributed by atoms with van der Waals surface area (Å²) in [7, 11) is 1.87. The lowest BCUT2D eigenvalue weighted by atomic mass is 10.00. The van der Waals surface area contributed by atoms with E-state index in [1.54, 1.807) is 10.7 Å². The molecule has 1 unspecified atom stereocenters. The van der Waals surface area contributed by atoms with Crippen LogP contribution < -0.4 is 5.32 Å². The first-order valence-corrected chi connectivity index (χ1v) is 7.66. The highest BCUT2D eigenvalue weighted by Gasteiger charge is 2.18. The molecule has 0 bridgehead atoms. The second-order valence-electron chi connectivity index (χ2n) is 4.94. The van der Waals surface area contributed by atoms with Crippen molar-refractivity contribution < 1.29 is 8.78 Å². The quantitative estimate of drug-likeness (QED) is 0.798. The smallest absolute Gasteiger partial charge is 0.173 e. The maximum absolute atomic E-state index is 13.7. The highest BCUT2D eigenvalue weighted by Crippen LogP contribution is 2.30. The molecule has 0 aliphatic heterocycles. The van der Waals surface area contributed by atoms with Crippen LogP contribution in [0.5, 0.6) is 0 Å². The molecule has 0 saturated heterocycles. The molecule has 0 fully saturated rings. The Morgan fingerprint density at radius 2 is 2.14 bits per heavy atom. The van der Waals surface area contributed by atoms with Crippen molar-refractivity contribution in [2.45, 2.75) is 25.8 Å². The molecule has 2 rings (SSSR count). The average molecular weight is 358 g/mol. The monoisotopic (exact) mass is 357 g/mol. The molecule has 6 heteroatoms. The van der Waals surface area contributed by atoms with Gasteiger partial charge < -0.3 is 5.32 Å². The number of aryl methyl sites for hydroxylation is 2. The van der Waals surface area contributed by atoms with E-state index < -0.39 is 11.6 Å². The lowest BCUT2D eigenvalue weighted by Crippen LogP contribution is -2.22. The summed E-state index contributed by atoms with van der Waals surface area (Å²) in [4.78, 5) is 0. The topological polar surface area (TPSA) is 29.9 Å². The highest BCUT2D eigenvalue weighted by atomic mass is 79.9. The van der Waals surface area contributed by atoms with E-state index in [4.69, 9.17) is 0 Å². The van der Waals surface area contributed by atoms with E-state index in [-0.39, 0.29) is 10.5 Å². The predicted molar refractivity (Wildman–Crippen MR) is 82.0 cm³/mol. The van der Waals surface area contributed by atoms with Gasteiger partial charge in [0.15, 0.2) is 11.6 Å². The van der Waals surface area contributed by atoms with Crippen molar-refractivity contribution >= 4 is 15.9 Å². The molecular formula is C15H18BrF2N3. The molecule has 0 spiro atoms. The van der Waals surface area contributed by atoms with E-state index in [2.05, 4.69) is 26.3 Å². The second kappa shape index (κ2) is 7.13. The summed E-state index contributed by atoms with van der Waals surface area (Å²) in [5.74, 6) is -1.68. The number of hydrogen-bond donors (Lipinski definition) is 1. The average Bonchev–Trinajstić information content (AvgIpc) is 2.87. The van der Waals surface area contributed by atoms with Crippen molar-refractivity contribution in [3.05, 3.63) is 51.8 Å². The van der Waals surface area contributed by atoms with Gasteiger partial charge in [-0.05, 0) is 52.5 Å². The third kappa shape index (κ3) is 3.89. The van der Waals surface area contributed by atoms with Crippen LogP contribution in [0.15, 0.2) is 29.0 Å². The minimum atomic E-state index is -0.840. The largest absolute Gasteiger partial charge is 0.310 e. The van der Waals surface area contributed by atoms with Crippen molar-refractivity contribution in [1.29, 1.82) is 0 Å². The maximum Gasteiger partial charge on any atom is 0.173 e. The number of nitrogens with one attached hydrogen (secondary N) is 1. The number of nitrogens with zero attached hydrogens (tertiary/aromatic N) is 2. The summed E-state index contributed by atoms with van der Waals surface area (Å²) in [6.07, 6.45) is 5.38. The normalized spacial score (nSPS) is 12.6. The lowest BCUT2D eigenvalue weighted by Gasteiger charge is -2.20. The Balaban J connectivity index is 2.16. The molecule has 1 aromatic carbocycles. The SMILES string of the molecule is CCNC(CCc1cnn(C)c1)c1ccc(F)c(F)c1Br. The zero-order valence-electron chi connectivity index (χ0n) is 12.0. The minimum absolute atomic E-state index is 0.0420. The number of benzene rings is 1. The molecular weight excluding hydrogens is 340 g/mol. The molecule has 0 amide bonds. The van der Waals surface area contributed by atoms with Gasteiger partial charge in [-0.25, -0.2) is 8.78 Å². The summed E-state index contributed by atoms with van der Waals surface area (Å²) in [5, 5.41) is 7.45. The Bertz CT molecular complexity index is 613. The van der Waals surface area contributed by atoms with Gasteiger partial charge in [0.2, 0.25) is 0 Å². The fourth-order valence-electron chi connectivity index (χ4n) is 2.34.